The second-order valence-electron chi connectivity index (χ2n) is 4.29. The van der Waals surface area contributed by atoms with Crippen molar-refractivity contribution in [1.29, 1.82) is 0 Å². The van der Waals surface area contributed by atoms with Crippen molar-refractivity contribution in [3.8, 4) is 11.5 Å². The van der Waals surface area contributed by atoms with Crippen molar-refractivity contribution in [1.82, 2.24) is 5.32 Å². The Kier molecular flexibility index (Phi) is 4.87. The molecule has 0 radical (unpaired) electrons. The summed E-state index contributed by atoms with van der Waals surface area (Å²) >= 11 is 3.20. The Morgan fingerprint density at radius 1 is 1.33 bits per heavy atom. The van der Waals surface area contributed by atoms with Crippen LogP contribution in [-0.2, 0) is 6.54 Å². The number of ether oxygens (including phenoxy) is 1. The van der Waals surface area contributed by atoms with Gasteiger partial charge in [-0.25, -0.2) is 4.39 Å². The molecule has 0 aliphatic rings. The molecule has 21 heavy (non-hydrogen) atoms. The molecule has 0 unspecified atom stereocenters. The van der Waals surface area contributed by atoms with E-state index in [1.54, 1.807) is 13.1 Å². The lowest BCUT2D eigenvalue weighted by Crippen LogP contribution is -2.06. The average molecular weight is 355 g/mol. The van der Waals surface area contributed by atoms with E-state index in [2.05, 4.69) is 21.2 Å². The number of halogens is 2. The molecule has 0 atom stereocenters. The van der Waals surface area contributed by atoms with Crippen molar-refractivity contribution in [2.24, 2.45) is 0 Å². The van der Waals surface area contributed by atoms with Gasteiger partial charge in [0.15, 0.2) is 0 Å². The lowest BCUT2D eigenvalue weighted by molar-refractivity contribution is -0.385. The first-order valence-electron chi connectivity index (χ1n) is 6.05. The van der Waals surface area contributed by atoms with Gasteiger partial charge in [0.05, 0.1) is 11.0 Å². The fraction of sp³-hybridized carbons (Fsp3) is 0.143. The number of rotatable bonds is 5. The van der Waals surface area contributed by atoms with E-state index in [4.69, 9.17) is 4.74 Å². The standard InChI is InChI=1S/C14H12BrFN2O3/c1-17-8-9-4-11(16)2-3-14(9)21-13-6-10(15)5-12(7-13)18(19)20/h2-7,17H,8H2,1H3. The highest BCUT2D eigenvalue weighted by molar-refractivity contribution is 9.10. The molecule has 2 aromatic rings. The second kappa shape index (κ2) is 6.64. The molecule has 110 valence electrons. The number of nitrogens with one attached hydrogen (secondary N) is 1. The Morgan fingerprint density at radius 2 is 2.10 bits per heavy atom. The normalized spacial score (nSPS) is 10.4. The molecule has 0 aromatic heterocycles. The molecule has 0 saturated carbocycles. The number of benzene rings is 2. The van der Waals surface area contributed by atoms with Crippen molar-refractivity contribution in [3.63, 3.8) is 0 Å². The van der Waals surface area contributed by atoms with E-state index in [1.165, 1.54) is 30.3 Å². The van der Waals surface area contributed by atoms with Crippen molar-refractivity contribution in [2.45, 2.75) is 6.54 Å². The molecule has 0 heterocycles. The van der Waals surface area contributed by atoms with Gasteiger partial charge in [-0.15, -0.1) is 0 Å². The Morgan fingerprint density at radius 3 is 2.76 bits per heavy atom. The Labute approximate surface area is 129 Å². The number of nitrogens with zero attached hydrogens (tertiary/aromatic N) is 1. The SMILES string of the molecule is CNCc1cc(F)ccc1Oc1cc(Br)cc([N+](=O)[O-])c1. The van der Waals surface area contributed by atoms with Crippen LogP contribution in [0.1, 0.15) is 5.56 Å². The zero-order valence-corrected chi connectivity index (χ0v) is 12.7. The van der Waals surface area contributed by atoms with Gasteiger partial charge in [0.25, 0.3) is 5.69 Å². The van der Waals surface area contributed by atoms with E-state index in [-0.39, 0.29) is 11.5 Å². The third-order valence-corrected chi connectivity index (χ3v) is 3.14. The maximum atomic E-state index is 13.3. The Hall–Kier alpha value is -1.99. The van der Waals surface area contributed by atoms with Crippen molar-refractivity contribution in [3.05, 3.63) is 62.4 Å². The lowest BCUT2D eigenvalue weighted by atomic mass is 10.2. The first-order valence-corrected chi connectivity index (χ1v) is 6.85. The zero-order valence-electron chi connectivity index (χ0n) is 11.1. The monoisotopic (exact) mass is 354 g/mol. The van der Waals surface area contributed by atoms with Crippen LogP contribution in [0.3, 0.4) is 0 Å². The highest BCUT2D eigenvalue weighted by atomic mass is 79.9. The van der Waals surface area contributed by atoms with Crippen LogP contribution >= 0.6 is 15.9 Å². The maximum Gasteiger partial charge on any atom is 0.274 e. The summed E-state index contributed by atoms with van der Waals surface area (Å²) in [5, 5.41) is 13.8. The molecular formula is C14H12BrFN2O3. The van der Waals surface area contributed by atoms with Gasteiger partial charge in [0, 0.05) is 22.6 Å². The second-order valence-corrected chi connectivity index (χ2v) is 5.20. The summed E-state index contributed by atoms with van der Waals surface area (Å²) in [6.45, 7) is 0.420. The fourth-order valence-electron chi connectivity index (χ4n) is 1.82. The molecule has 0 fully saturated rings. The Bertz CT molecular complexity index is 679. The molecule has 1 N–H and O–H groups in total. The molecule has 2 rings (SSSR count). The number of nitro groups is 1. The molecular weight excluding hydrogens is 343 g/mol. The van der Waals surface area contributed by atoms with Crippen LogP contribution in [0.2, 0.25) is 0 Å². The zero-order chi connectivity index (χ0) is 15.4. The van der Waals surface area contributed by atoms with Crippen LogP contribution in [0.15, 0.2) is 40.9 Å². The summed E-state index contributed by atoms with van der Waals surface area (Å²) in [6, 6.07) is 8.44. The minimum Gasteiger partial charge on any atom is -0.457 e. The quantitative estimate of drug-likeness (QED) is 0.650. The first kappa shape index (κ1) is 15.4. The highest BCUT2D eigenvalue weighted by Gasteiger charge is 2.12. The summed E-state index contributed by atoms with van der Waals surface area (Å²) in [4.78, 5) is 10.3. The summed E-state index contributed by atoms with van der Waals surface area (Å²) in [5.41, 5.74) is 0.539. The molecule has 5 nitrogen and oxygen atoms in total. The van der Waals surface area contributed by atoms with Crippen LogP contribution in [0.25, 0.3) is 0 Å². The molecule has 0 bridgehead atoms. The summed E-state index contributed by atoms with van der Waals surface area (Å²) < 4.78 is 19.4. The lowest BCUT2D eigenvalue weighted by Gasteiger charge is -2.11. The molecule has 0 saturated heterocycles. The van der Waals surface area contributed by atoms with Crippen LogP contribution in [0, 0.1) is 15.9 Å². The van der Waals surface area contributed by atoms with Crippen molar-refractivity contribution in [2.75, 3.05) is 7.05 Å². The van der Waals surface area contributed by atoms with Gasteiger partial charge in [-0.3, -0.25) is 10.1 Å². The van der Waals surface area contributed by atoms with Gasteiger partial charge in [-0.2, -0.15) is 0 Å². The molecule has 0 amide bonds. The van der Waals surface area contributed by atoms with Gasteiger partial charge in [0.1, 0.15) is 17.3 Å². The van der Waals surface area contributed by atoms with E-state index < -0.39 is 4.92 Å². The van der Waals surface area contributed by atoms with E-state index in [0.29, 0.717) is 28.1 Å². The van der Waals surface area contributed by atoms with Gasteiger partial charge in [0.2, 0.25) is 0 Å². The number of hydrogen-bond donors (Lipinski definition) is 1. The predicted molar refractivity (Wildman–Crippen MR) is 80.0 cm³/mol. The average Bonchev–Trinajstić information content (AvgIpc) is 2.41. The predicted octanol–water partition coefficient (Wildman–Crippen LogP) is 4.01. The van der Waals surface area contributed by atoms with Crippen LogP contribution in [-0.4, -0.2) is 12.0 Å². The van der Waals surface area contributed by atoms with Gasteiger partial charge < -0.3 is 10.1 Å². The Balaban J connectivity index is 2.35. The summed E-state index contributed by atoms with van der Waals surface area (Å²) in [7, 11) is 1.73. The van der Waals surface area contributed by atoms with E-state index in [0.717, 1.165) is 0 Å². The summed E-state index contributed by atoms with van der Waals surface area (Å²) in [6.07, 6.45) is 0. The number of hydrogen-bond acceptors (Lipinski definition) is 4. The van der Waals surface area contributed by atoms with Crippen molar-refractivity contribution < 1.29 is 14.1 Å². The van der Waals surface area contributed by atoms with E-state index in [9.17, 15) is 14.5 Å². The minimum atomic E-state index is -0.503. The van der Waals surface area contributed by atoms with E-state index >= 15 is 0 Å². The smallest absolute Gasteiger partial charge is 0.274 e. The minimum absolute atomic E-state index is 0.0864. The van der Waals surface area contributed by atoms with Gasteiger partial charge in [-0.1, -0.05) is 15.9 Å². The molecule has 7 heteroatoms. The maximum absolute atomic E-state index is 13.3. The fourth-order valence-corrected chi connectivity index (χ4v) is 2.28. The molecule has 2 aromatic carbocycles. The van der Waals surface area contributed by atoms with Crippen molar-refractivity contribution >= 4 is 21.6 Å². The molecule has 0 aliphatic heterocycles. The number of nitro benzene ring substituents is 1. The van der Waals surface area contributed by atoms with Crippen LogP contribution < -0.4 is 10.1 Å². The van der Waals surface area contributed by atoms with Crippen LogP contribution in [0.5, 0.6) is 11.5 Å². The molecule has 0 aliphatic carbocycles. The van der Waals surface area contributed by atoms with Gasteiger partial charge >= 0.3 is 0 Å². The largest absolute Gasteiger partial charge is 0.457 e. The first-order chi connectivity index (χ1) is 9.99. The molecule has 0 spiro atoms. The van der Waals surface area contributed by atoms with Crippen LogP contribution in [0.4, 0.5) is 10.1 Å². The van der Waals surface area contributed by atoms with Gasteiger partial charge in [-0.05, 0) is 31.3 Å². The topological polar surface area (TPSA) is 64.4 Å². The third kappa shape index (κ3) is 3.99. The number of non-ortho nitro benzene ring substituents is 1. The highest BCUT2D eigenvalue weighted by Crippen LogP contribution is 2.31. The summed E-state index contributed by atoms with van der Waals surface area (Å²) in [5.74, 6) is 0.381. The van der Waals surface area contributed by atoms with E-state index in [1.807, 2.05) is 0 Å². The third-order valence-electron chi connectivity index (χ3n) is 2.68.